The minimum Gasteiger partial charge on any atom is -0.507 e. The summed E-state index contributed by atoms with van der Waals surface area (Å²) in [7, 11) is 0. The lowest BCUT2D eigenvalue weighted by Gasteiger charge is -2.36. The van der Waals surface area contributed by atoms with Gasteiger partial charge in [0.25, 0.3) is 5.91 Å². The molecule has 0 radical (unpaired) electrons. The van der Waals surface area contributed by atoms with Crippen molar-refractivity contribution < 1.29 is 24.6 Å². The summed E-state index contributed by atoms with van der Waals surface area (Å²) < 4.78 is 0. The minimum absolute atomic E-state index is 0.0109. The Hall–Kier alpha value is -5.58. The van der Waals surface area contributed by atoms with E-state index in [-0.39, 0.29) is 36.6 Å². The number of thiazole rings is 1. The van der Waals surface area contributed by atoms with Gasteiger partial charge >= 0.3 is 0 Å². The Labute approximate surface area is 345 Å². The minimum atomic E-state index is -0.961. The van der Waals surface area contributed by atoms with E-state index in [2.05, 4.69) is 35.6 Å². The number of likely N-dealkylation sites (tertiary alicyclic amines) is 1. The number of amides is 3. The van der Waals surface area contributed by atoms with Crippen LogP contribution in [0.4, 0.5) is 16.5 Å². The van der Waals surface area contributed by atoms with Crippen LogP contribution in [0.2, 0.25) is 0 Å². The van der Waals surface area contributed by atoms with Gasteiger partial charge in [-0.25, -0.2) is 4.98 Å². The second-order valence-electron chi connectivity index (χ2n) is 15.9. The number of rotatable bonds is 10. The fraction of sp³-hybridized carbons (Fsp3) is 0.381. The molecule has 5 heterocycles. The Morgan fingerprint density at radius 1 is 0.948 bits per heavy atom. The third-order valence-electron chi connectivity index (χ3n) is 10.8. The highest BCUT2D eigenvalue weighted by molar-refractivity contribution is 7.18. The van der Waals surface area contributed by atoms with E-state index in [1.54, 1.807) is 35.6 Å². The van der Waals surface area contributed by atoms with E-state index in [0.717, 1.165) is 32.4 Å². The van der Waals surface area contributed by atoms with E-state index in [9.17, 15) is 24.6 Å². The Kier molecular flexibility index (Phi) is 11.7. The van der Waals surface area contributed by atoms with Crippen molar-refractivity contribution >= 4 is 56.9 Å². The van der Waals surface area contributed by atoms with Gasteiger partial charge in [0.15, 0.2) is 5.82 Å². The Balaban J connectivity index is 0.979. The van der Waals surface area contributed by atoms with Crippen molar-refractivity contribution in [3.63, 3.8) is 0 Å². The van der Waals surface area contributed by atoms with E-state index in [1.807, 2.05) is 82.6 Å². The summed E-state index contributed by atoms with van der Waals surface area (Å²) in [5.74, 6) is -0.749. The molecule has 6 N–H and O–H groups in total. The first-order valence-corrected chi connectivity index (χ1v) is 21.0. The van der Waals surface area contributed by atoms with Crippen LogP contribution in [0, 0.1) is 12.3 Å². The van der Waals surface area contributed by atoms with Gasteiger partial charge in [0.05, 0.1) is 49.5 Å². The lowest BCUT2D eigenvalue weighted by Crippen LogP contribution is -2.57. The number of hydrogen-bond acceptors (Lipinski definition) is 13. The quantitative estimate of drug-likeness (QED) is 0.124. The monoisotopic (exact) mass is 823 g/mol. The highest BCUT2D eigenvalue weighted by Gasteiger charge is 2.45. The molecule has 7 rings (SSSR count). The number of carbonyl (C=O) groups is 3. The first-order valence-electron chi connectivity index (χ1n) is 19.3. The van der Waals surface area contributed by atoms with Crippen molar-refractivity contribution in [1.29, 1.82) is 0 Å². The molecule has 0 bridgehead atoms. The molecular formula is C42H49N9O5S2. The van der Waals surface area contributed by atoms with Crippen LogP contribution in [-0.4, -0.2) is 98.9 Å². The standard InChI is InChI=1S/C42H49N9O5S2/c1-24(26-10-12-27(13-11-26)36-25(2)44-23-57-36)45-39(54)32-20-28(52)22-51(32)41(56)37(42(3,4)5)46-40(55)34-14-15-35(58-34)50-18-16-49(17-19-50)31-21-30(47-48-38(31)43)29-8-6-7-9-33(29)53/h6-15,21,23-24,28,32,37,52-53H,16-20,22H2,1-5H3,(H2,43,48)(H,45,54)(H,46,55)/t24-,28+,32-,37+/m0/s1. The van der Waals surface area contributed by atoms with E-state index < -0.39 is 29.5 Å². The Morgan fingerprint density at radius 3 is 2.33 bits per heavy atom. The van der Waals surface area contributed by atoms with Gasteiger partial charge in [0, 0.05) is 44.7 Å². The largest absolute Gasteiger partial charge is 0.507 e. The number of para-hydroxylation sites is 1. The number of anilines is 3. The van der Waals surface area contributed by atoms with Crippen LogP contribution < -0.4 is 26.2 Å². The van der Waals surface area contributed by atoms with Gasteiger partial charge in [-0.05, 0) is 60.7 Å². The second kappa shape index (κ2) is 16.7. The van der Waals surface area contributed by atoms with Crippen molar-refractivity contribution in [1.82, 2.24) is 30.7 Å². The Bertz CT molecular complexity index is 2280. The number of nitrogens with zero attached hydrogens (tertiary/aromatic N) is 6. The van der Waals surface area contributed by atoms with Gasteiger partial charge in [-0.2, -0.15) is 0 Å². The van der Waals surface area contributed by atoms with E-state index >= 15 is 0 Å². The van der Waals surface area contributed by atoms with E-state index in [4.69, 9.17) is 5.73 Å². The van der Waals surface area contributed by atoms with Crippen LogP contribution >= 0.6 is 22.7 Å². The molecule has 3 aromatic heterocycles. The molecule has 0 saturated carbocycles. The van der Waals surface area contributed by atoms with E-state index in [0.29, 0.717) is 48.1 Å². The zero-order valence-corrected chi connectivity index (χ0v) is 34.8. The van der Waals surface area contributed by atoms with Crippen molar-refractivity contribution in [2.45, 2.75) is 65.3 Å². The number of nitrogen functional groups attached to an aromatic ring is 1. The number of aryl methyl sites for hydroxylation is 1. The number of β-amino-alcohol motifs (C(OH)–C–C–N with tert-alkyl or cyclic N) is 1. The molecule has 2 aliphatic heterocycles. The molecule has 3 amide bonds. The molecule has 16 heteroatoms. The van der Waals surface area contributed by atoms with Gasteiger partial charge in [0.1, 0.15) is 17.8 Å². The number of phenols is 1. The van der Waals surface area contributed by atoms with Crippen LogP contribution in [0.5, 0.6) is 5.75 Å². The summed E-state index contributed by atoms with van der Waals surface area (Å²) in [6.07, 6.45) is -0.776. The van der Waals surface area contributed by atoms with Crippen LogP contribution in [0.3, 0.4) is 0 Å². The molecule has 2 saturated heterocycles. The van der Waals surface area contributed by atoms with Gasteiger partial charge in [-0.15, -0.1) is 32.9 Å². The molecule has 0 spiro atoms. The maximum absolute atomic E-state index is 14.3. The van der Waals surface area contributed by atoms with Crippen molar-refractivity contribution in [2.75, 3.05) is 48.3 Å². The fourth-order valence-corrected chi connectivity index (χ4v) is 9.24. The SMILES string of the molecule is Cc1ncsc1-c1ccc([C@H](C)NC(=O)[C@@H]2C[C@@H](O)CN2C(=O)[C@@H](NC(=O)c2ccc(N3CCN(c4cc(-c5ccccc5O)nnc4N)CC3)s2)C(C)(C)C)cc1. The third kappa shape index (κ3) is 8.63. The normalized spacial score (nSPS) is 18.2. The average molecular weight is 824 g/mol. The predicted molar refractivity (Wildman–Crippen MR) is 228 cm³/mol. The highest BCUT2D eigenvalue weighted by atomic mass is 32.1. The number of carbonyl (C=O) groups excluding carboxylic acids is 3. The molecule has 0 unspecified atom stereocenters. The second-order valence-corrected chi connectivity index (χ2v) is 17.8. The summed E-state index contributed by atoms with van der Waals surface area (Å²) in [6, 6.07) is 18.2. The van der Waals surface area contributed by atoms with Crippen molar-refractivity contribution in [2.24, 2.45) is 5.41 Å². The highest BCUT2D eigenvalue weighted by Crippen LogP contribution is 2.34. The molecular weight excluding hydrogens is 775 g/mol. The third-order valence-corrected chi connectivity index (χ3v) is 12.9. The number of thiophene rings is 1. The number of aromatic hydroxyl groups is 1. The topological polar surface area (TPSA) is 190 Å². The van der Waals surface area contributed by atoms with Crippen LogP contribution in [-0.2, 0) is 9.59 Å². The van der Waals surface area contributed by atoms with Crippen LogP contribution in [0.1, 0.15) is 61.1 Å². The van der Waals surface area contributed by atoms with Gasteiger partial charge in [-0.1, -0.05) is 57.2 Å². The molecule has 304 valence electrons. The number of nitrogens with one attached hydrogen (secondary N) is 2. The number of aliphatic hydroxyl groups excluding tert-OH is 1. The number of phenolic OH excluding ortho intramolecular Hbond substituents is 1. The number of aromatic nitrogens is 3. The van der Waals surface area contributed by atoms with Crippen molar-refractivity contribution in [3.05, 3.63) is 88.4 Å². The summed E-state index contributed by atoms with van der Waals surface area (Å²) in [5, 5.41) is 36.3. The number of nitrogens with two attached hydrogens (primary N) is 1. The summed E-state index contributed by atoms with van der Waals surface area (Å²) in [5.41, 5.74) is 12.1. The lowest BCUT2D eigenvalue weighted by molar-refractivity contribution is -0.142. The molecule has 0 aliphatic carbocycles. The maximum Gasteiger partial charge on any atom is 0.262 e. The van der Waals surface area contributed by atoms with Crippen LogP contribution in [0.15, 0.2) is 72.2 Å². The molecule has 2 fully saturated rings. The first kappa shape index (κ1) is 40.6. The smallest absolute Gasteiger partial charge is 0.262 e. The fourth-order valence-electron chi connectivity index (χ4n) is 7.47. The predicted octanol–water partition coefficient (Wildman–Crippen LogP) is 5.24. The number of benzene rings is 2. The summed E-state index contributed by atoms with van der Waals surface area (Å²) in [4.78, 5) is 53.4. The molecule has 2 aliphatic rings. The summed E-state index contributed by atoms with van der Waals surface area (Å²) in [6.45, 7) is 12.1. The molecule has 4 atom stereocenters. The maximum atomic E-state index is 14.3. The zero-order chi connectivity index (χ0) is 41.3. The zero-order valence-electron chi connectivity index (χ0n) is 33.2. The molecule has 58 heavy (non-hydrogen) atoms. The van der Waals surface area contributed by atoms with Crippen LogP contribution in [0.25, 0.3) is 21.7 Å². The molecule has 14 nitrogen and oxygen atoms in total. The van der Waals surface area contributed by atoms with E-state index in [1.165, 1.54) is 16.2 Å². The van der Waals surface area contributed by atoms with Crippen molar-refractivity contribution in [3.8, 4) is 27.4 Å². The number of hydrogen-bond donors (Lipinski definition) is 5. The molecule has 2 aromatic carbocycles. The number of piperazine rings is 1. The Morgan fingerprint density at radius 2 is 1.66 bits per heavy atom. The van der Waals surface area contributed by atoms with Gasteiger partial charge < -0.3 is 41.3 Å². The molecule has 5 aromatic rings. The first-order chi connectivity index (χ1) is 27.7. The summed E-state index contributed by atoms with van der Waals surface area (Å²) >= 11 is 2.92. The van der Waals surface area contributed by atoms with Gasteiger partial charge in [0.2, 0.25) is 11.8 Å². The lowest BCUT2D eigenvalue weighted by atomic mass is 9.85. The number of aliphatic hydroxyl groups is 1. The average Bonchev–Trinajstić information content (AvgIpc) is 3.97. The van der Waals surface area contributed by atoms with Gasteiger partial charge in [-0.3, -0.25) is 14.4 Å².